The van der Waals surface area contributed by atoms with Crippen molar-refractivity contribution < 1.29 is 4.74 Å². The fourth-order valence-electron chi connectivity index (χ4n) is 3.96. The summed E-state index contributed by atoms with van der Waals surface area (Å²) in [6.07, 6.45) is 11.0. The molecule has 1 aliphatic rings. The Labute approximate surface area is 163 Å². The van der Waals surface area contributed by atoms with Gasteiger partial charge in [0, 0.05) is 11.6 Å². The topological polar surface area (TPSA) is 47.0 Å². The highest BCUT2D eigenvalue weighted by molar-refractivity contribution is 5.72. The van der Waals surface area contributed by atoms with Gasteiger partial charge in [0.25, 0.3) is 0 Å². The maximum absolute atomic E-state index is 5.70. The van der Waals surface area contributed by atoms with Crippen molar-refractivity contribution in [1.29, 1.82) is 0 Å². The molecule has 1 aliphatic carbocycles. The lowest BCUT2D eigenvalue weighted by molar-refractivity contribution is 0.415. The minimum Gasteiger partial charge on any atom is -0.496 e. The third-order valence-corrected chi connectivity index (χ3v) is 5.60. The van der Waals surface area contributed by atoms with Crippen LogP contribution in [-0.4, -0.2) is 23.1 Å². The predicted octanol–water partition coefficient (Wildman–Crippen LogP) is 5.58. The van der Waals surface area contributed by atoms with Crippen molar-refractivity contribution in [2.75, 3.05) is 12.4 Å². The lowest BCUT2D eigenvalue weighted by Gasteiger charge is -2.19. The number of fused-ring (bicyclic) bond motifs is 1. The molecule has 1 aromatic heterocycles. The first-order valence-electron chi connectivity index (χ1n) is 10.5. The third-order valence-electron chi connectivity index (χ3n) is 5.60. The van der Waals surface area contributed by atoms with Gasteiger partial charge < -0.3 is 10.1 Å². The summed E-state index contributed by atoms with van der Waals surface area (Å²) in [7, 11) is 1.74. The van der Waals surface area contributed by atoms with Gasteiger partial charge in [-0.25, -0.2) is 4.98 Å². The fraction of sp³-hybridized carbons (Fsp3) is 0.565. The van der Waals surface area contributed by atoms with Crippen LogP contribution in [-0.2, 0) is 19.3 Å². The molecule has 2 aromatic rings. The molecule has 146 valence electrons. The molecule has 1 aromatic carbocycles. The van der Waals surface area contributed by atoms with Crippen LogP contribution in [0.3, 0.4) is 0 Å². The Morgan fingerprint density at radius 2 is 1.93 bits per heavy atom. The van der Waals surface area contributed by atoms with E-state index in [0.717, 1.165) is 54.2 Å². The fourth-order valence-corrected chi connectivity index (χ4v) is 3.96. The second-order valence-corrected chi connectivity index (χ2v) is 7.47. The second-order valence-electron chi connectivity index (χ2n) is 7.47. The molecule has 1 heterocycles. The molecule has 0 saturated heterocycles. The first kappa shape index (κ1) is 19.7. The zero-order valence-corrected chi connectivity index (χ0v) is 17.3. The Balaban J connectivity index is 1.91. The van der Waals surface area contributed by atoms with Gasteiger partial charge in [-0.2, -0.15) is 0 Å². The molecule has 0 spiro atoms. The molecule has 0 saturated carbocycles. The standard InChI is InChI=1S/C23H33N3O/c1-5-8-12-18(6-2)25-22-15-24-23(20(7-3)26-22)19-13-16-10-9-11-17(16)14-21(19)27-4/h13-15,18H,5-12H2,1-4H3,(H,25,26). The molecule has 0 aliphatic heterocycles. The lowest BCUT2D eigenvalue weighted by atomic mass is 10.0. The van der Waals surface area contributed by atoms with Gasteiger partial charge in [-0.05, 0) is 61.8 Å². The van der Waals surface area contributed by atoms with Gasteiger partial charge in [0.1, 0.15) is 11.6 Å². The molecule has 0 radical (unpaired) electrons. The van der Waals surface area contributed by atoms with E-state index in [0.29, 0.717) is 6.04 Å². The van der Waals surface area contributed by atoms with Crippen LogP contribution >= 0.6 is 0 Å². The molecule has 4 nitrogen and oxygen atoms in total. The number of ether oxygens (including phenoxy) is 1. The van der Waals surface area contributed by atoms with Crippen LogP contribution in [0.4, 0.5) is 5.82 Å². The van der Waals surface area contributed by atoms with Crippen LogP contribution < -0.4 is 10.1 Å². The highest BCUT2D eigenvalue weighted by atomic mass is 16.5. The number of aryl methyl sites for hydroxylation is 3. The van der Waals surface area contributed by atoms with Crippen molar-refractivity contribution in [3.63, 3.8) is 0 Å². The van der Waals surface area contributed by atoms with E-state index >= 15 is 0 Å². The average Bonchev–Trinajstić information content (AvgIpc) is 3.17. The number of unbranched alkanes of at least 4 members (excludes halogenated alkanes) is 1. The molecule has 3 rings (SSSR count). The van der Waals surface area contributed by atoms with Crippen LogP contribution in [0.1, 0.15) is 69.7 Å². The molecule has 1 atom stereocenters. The van der Waals surface area contributed by atoms with Gasteiger partial charge in [-0.3, -0.25) is 4.98 Å². The summed E-state index contributed by atoms with van der Waals surface area (Å²) in [5.74, 6) is 1.80. The zero-order chi connectivity index (χ0) is 19.2. The molecule has 0 bridgehead atoms. The van der Waals surface area contributed by atoms with Gasteiger partial charge in [0.15, 0.2) is 0 Å². The normalized spacial score (nSPS) is 14.1. The maximum atomic E-state index is 5.70. The Bertz CT molecular complexity index is 772. The van der Waals surface area contributed by atoms with E-state index in [1.165, 1.54) is 36.8 Å². The molecule has 1 N–H and O–H groups in total. The summed E-state index contributed by atoms with van der Waals surface area (Å²) in [4.78, 5) is 9.72. The van der Waals surface area contributed by atoms with Gasteiger partial charge in [-0.1, -0.05) is 33.6 Å². The molecule has 4 heteroatoms. The molecule has 0 fully saturated rings. The number of nitrogens with one attached hydrogen (secondary N) is 1. The van der Waals surface area contributed by atoms with E-state index in [2.05, 4.69) is 38.2 Å². The number of methoxy groups -OCH3 is 1. The largest absolute Gasteiger partial charge is 0.496 e. The Hall–Kier alpha value is -2.10. The van der Waals surface area contributed by atoms with Crippen molar-refractivity contribution in [1.82, 2.24) is 9.97 Å². The van der Waals surface area contributed by atoms with E-state index in [9.17, 15) is 0 Å². The van der Waals surface area contributed by atoms with E-state index in [1.807, 2.05) is 6.20 Å². The van der Waals surface area contributed by atoms with Crippen molar-refractivity contribution >= 4 is 5.82 Å². The smallest absolute Gasteiger partial charge is 0.145 e. The van der Waals surface area contributed by atoms with Gasteiger partial charge in [0.05, 0.1) is 24.7 Å². The number of hydrogen-bond donors (Lipinski definition) is 1. The maximum Gasteiger partial charge on any atom is 0.145 e. The van der Waals surface area contributed by atoms with Gasteiger partial charge >= 0.3 is 0 Å². The van der Waals surface area contributed by atoms with Crippen molar-refractivity contribution in [3.8, 4) is 17.0 Å². The Morgan fingerprint density at radius 1 is 1.15 bits per heavy atom. The van der Waals surface area contributed by atoms with E-state index in [1.54, 1.807) is 7.11 Å². The minimum absolute atomic E-state index is 0.462. The zero-order valence-electron chi connectivity index (χ0n) is 17.3. The third kappa shape index (κ3) is 4.42. The van der Waals surface area contributed by atoms with Crippen molar-refractivity contribution in [2.45, 2.75) is 78.2 Å². The second kappa shape index (κ2) is 9.20. The van der Waals surface area contributed by atoms with Gasteiger partial charge in [0.2, 0.25) is 0 Å². The summed E-state index contributed by atoms with van der Waals surface area (Å²) < 4.78 is 5.70. The summed E-state index contributed by atoms with van der Waals surface area (Å²) in [5.41, 5.74) is 5.91. The van der Waals surface area contributed by atoms with Crippen LogP contribution in [0.15, 0.2) is 18.3 Å². The van der Waals surface area contributed by atoms with Crippen LogP contribution in [0.2, 0.25) is 0 Å². The van der Waals surface area contributed by atoms with Crippen molar-refractivity contribution in [2.24, 2.45) is 0 Å². The Morgan fingerprint density at radius 3 is 2.59 bits per heavy atom. The molecular formula is C23H33N3O. The summed E-state index contributed by atoms with van der Waals surface area (Å²) in [6, 6.07) is 4.93. The van der Waals surface area contributed by atoms with E-state index in [-0.39, 0.29) is 0 Å². The van der Waals surface area contributed by atoms with E-state index < -0.39 is 0 Å². The molecular weight excluding hydrogens is 334 g/mol. The summed E-state index contributed by atoms with van der Waals surface area (Å²) in [5, 5.41) is 3.58. The lowest BCUT2D eigenvalue weighted by Crippen LogP contribution is -2.19. The Kier molecular flexibility index (Phi) is 6.70. The number of aromatic nitrogens is 2. The minimum atomic E-state index is 0.462. The van der Waals surface area contributed by atoms with Crippen molar-refractivity contribution in [3.05, 3.63) is 35.2 Å². The van der Waals surface area contributed by atoms with Crippen LogP contribution in [0.5, 0.6) is 5.75 Å². The summed E-state index contributed by atoms with van der Waals surface area (Å²) >= 11 is 0. The molecule has 27 heavy (non-hydrogen) atoms. The monoisotopic (exact) mass is 367 g/mol. The quantitative estimate of drug-likeness (QED) is 0.628. The number of benzene rings is 1. The van der Waals surface area contributed by atoms with Gasteiger partial charge in [-0.15, -0.1) is 0 Å². The average molecular weight is 368 g/mol. The molecule has 0 amide bonds. The first-order chi connectivity index (χ1) is 13.2. The SMILES string of the molecule is CCCCC(CC)Nc1cnc(-c2cc3c(cc2OC)CCC3)c(CC)n1. The highest BCUT2D eigenvalue weighted by Crippen LogP contribution is 2.36. The number of hydrogen-bond acceptors (Lipinski definition) is 4. The predicted molar refractivity (Wildman–Crippen MR) is 113 cm³/mol. The summed E-state index contributed by atoms with van der Waals surface area (Å²) in [6.45, 7) is 6.61. The highest BCUT2D eigenvalue weighted by Gasteiger charge is 2.19. The van der Waals surface area contributed by atoms with E-state index in [4.69, 9.17) is 14.7 Å². The van der Waals surface area contributed by atoms with Crippen LogP contribution in [0, 0.1) is 0 Å². The number of rotatable bonds is 9. The number of anilines is 1. The molecule has 1 unspecified atom stereocenters. The van der Waals surface area contributed by atoms with Crippen LogP contribution in [0.25, 0.3) is 11.3 Å². The number of nitrogens with zero attached hydrogens (tertiary/aromatic N) is 2. The first-order valence-corrected chi connectivity index (χ1v) is 10.5.